The Hall–Kier alpha value is -1.36. The van der Waals surface area contributed by atoms with E-state index in [2.05, 4.69) is 5.32 Å². The van der Waals surface area contributed by atoms with Gasteiger partial charge in [0.05, 0.1) is 6.42 Å². The second-order valence-electron chi connectivity index (χ2n) is 10.1. The summed E-state index contributed by atoms with van der Waals surface area (Å²) in [4.78, 5) is 28.4. The standard InChI is InChI=1S/C23H32N2O2S/c26-21(15-23-12-16-8-17(13-23)10-18(9-16)14-23)24-19-3-5-25(6-4-19)22(27)11-20-2-1-7-28-20/h1-2,7,16-19H,3-6,8-15H2,(H,24,26). The molecule has 1 aliphatic heterocycles. The average Bonchev–Trinajstić information content (AvgIpc) is 3.13. The highest BCUT2D eigenvalue weighted by Gasteiger charge is 2.51. The van der Waals surface area contributed by atoms with E-state index in [0.29, 0.717) is 11.8 Å². The Morgan fingerprint density at radius 3 is 2.29 bits per heavy atom. The van der Waals surface area contributed by atoms with Crippen LogP contribution in [0.5, 0.6) is 0 Å². The van der Waals surface area contributed by atoms with Gasteiger partial charge in [-0.05, 0) is 86.0 Å². The number of hydrogen-bond donors (Lipinski definition) is 1. The van der Waals surface area contributed by atoms with Gasteiger partial charge in [-0.1, -0.05) is 6.07 Å². The smallest absolute Gasteiger partial charge is 0.227 e. The molecule has 4 nitrogen and oxygen atoms in total. The summed E-state index contributed by atoms with van der Waals surface area (Å²) in [5.41, 5.74) is 0.316. The molecule has 5 fully saturated rings. The van der Waals surface area contributed by atoms with Gasteiger partial charge in [-0.15, -0.1) is 11.3 Å². The van der Waals surface area contributed by atoms with Crippen molar-refractivity contribution in [1.29, 1.82) is 0 Å². The van der Waals surface area contributed by atoms with E-state index < -0.39 is 0 Å². The highest BCUT2D eigenvalue weighted by atomic mass is 32.1. The number of nitrogens with zero attached hydrogens (tertiary/aromatic N) is 1. The summed E-state index contributed by atoms with van der Waals surface area (Å²) in [6, 6.07) is 4.27. The lowest BCUT2D eigenvalue weighted by Crippen LogP contribution is -2.50. The normalized spacial score (nSPS) is 34.6. The van der Waals surface area contributed by atoms with Gasteiger partial charge in [0.15, 0.2) is 0 Å². The molecule has 6 rings (SSSR count). The number of hydrogen-bond acceptors (Lipinski definition) is 3. The SMILES string of the molecule is O=C(CC12CC3CC(CC(C3)C1)C2)NC1CCN(C(=O)Cc2cccs2)CC1. The average molecular weight is 401 g/mol. The van der Waals surface area contributed by atoms with Gasteiger partial charge in [0.1, 0.15) is 0 Å². The third-order valence-electron chi connectivity index (χ3n) is 7.82. The topological polar surface area (TPSA) is 49.4 Å². The first kappa shape index (κ1) is 18.7. The van der Waals surface area contributed by atoms with Crippen molar-refractivity contribution < 1.29 is 9.59 Å². The van der Waals surface area contributed by atoms with Gasteiger partial charge in [-0.25, -0.2) is 0 Å². The first-order valence-electron chi connectivity index (χ1n) is 11.2. The van der Waals surface area contributed by atoms with Gasteiger partial charge in [0.25, 0.3) is 0 Å². The van der Waals surface area contributed by atoms with Crippen molar-refractivity contribution in [2.75, 3.05) is 13.1 Å². The van der Waals surface area contributed by atoms with E-state index in [0.717, 1.165) is 55.0 Å². The van der Waals surface area contributed by atoms with Crippen LogP contribution in [0.15, 0.2) is 17.5 Å². The molecule has 0 spiro atoms. The summed E-state index contributed by atoms with van der Waals surface area (Å²) in [6.45, 7) is 1.54. The van der Waals surface area contributed by atoms with E-state index >= 15 is 0 Å². The lowest BCUT2D eigenvalue weighted by atomic mass is 9.49. The summed E-state index contributed by atoms with van der Waals surface area (Å²) < 4.78 is 0. The van der Waals surface area contributed by atoms with Gasteiger partial charge in [-0.3, -0.25) is 9.59 Å². The van der Waals surface area contributed by atoms with Gasteiger partial charge >= 0.3 is 0 Å². The van der Waals surface area contributed by atoms with E-state index in [1.807, 2.05) is 22.4 Å². The summed E-state index contributed by atoms with van der Waals surface area (Å²) in [7, 11) is 0. The monoisotopic (exact) mass is 400 g/mol. The van der Waals surface area contributed by atoms with Gasteiger partial charge in [0.2, 0.25) is 11.8 Å². The van der Waals surface area contributed by atoms with Gasteiger partial charge < -0.3 is 10.2 Å². The molecule has 4 aliphatic carbocycles. The van der Waals surface area contributed by atoms with E-state index in [9.17, 15) is 9.59 Å². The van der Waals surface area contributed by atoms with Crippen molar-refractivity contribution in [2.24, 2.45) is 23.2 Å². The number of carbonyl (C=O) groups is 2. The number of carbonyl (C=O) groups excluding carboxylic acids is 2. The van der Waals surface area contributed by atoms with Crippen molar-refractivity contribution in [3.8, 4) is 0 Å². The van der Waals surface area contributed by atoms with Crippen molar-refractivity contribution in [3.05, 3.63) is 22.4 Å². The molecule has 1 saturated heterocycles. The summed E-state index contributed by atoms with van der Waals surface area (Å²) in [6.07, 6.45) is 11.2. The third kappa shape index (κ3) is 3.87. The predicted molar refractivity (Wildman–Crippen MR) is 111 cm³/mol. The second-order valence-corrected chi connectivity index (χ2v) is 11.1. The van der Waals surface area contributed by atoms with Crippen LogP contribution in [-0.2, 0) is 16.0 Å². The van der Waals surface area contributed by atoms with Gasteiger partial charge in [-0.2, -0.15) is 0 Å². The molecule has 5 heteroatoms. The molecule has 1 aromatic rings. The molecule has 2 heterocycles. The Morgan fingerprint density at radius 1 is 1.07 bits per heavy atom. The summed E-state index contributed by atoms with van der Waals surface area (Å²) in [5, 5.41) is 5.35. The zero-order chi connectivity index (χ0) is 19.1. The second kappa shape index (κ2) is 7.47. The highest BCUT2D eigenvalue weighted by molar-refractivity contribution is 7.10. The third-order valence-corrected chi connectivity index (χ3v) is 8.70. The summed E-state index contributed by atoms with van der Waals surface area (Å²) in [5.74, 6) is 3.19. The molecule has 4 saturated carbocycles. The zero-order valence-electron chi connectivity index (χ0n) is 16.7. The Balaban J connectivity index is 1.09. The van der Waals surface area contributed by atoms with Crippen LogP contribution in [0.4, 0.5) is 0 Å². The zero-order valence-corrected chi connectivity index (χ0v) is 17.5. The van der Waals surface area contributed by atoms with Crippen LogP contribution in [0.1, 0.15) is 62.7 Å². The van der Waals surface area contributed by atoms with Crippen LogP contribution < -0.4 is 5.32 Å². The maximum Gasteiger partial charge on any atom is 0.227 e. The number of rotatable bonds is 5. The van der Waals surface area contributed by atoms with E-state index in [1.165, 1.54) is 38.5 Å². The number of amides is 2. The van der Waals surface area contributed by atoms with Crippen LogP contribution >= 0.6 is 11.3 Å². The number of likely N-dealkylation sites (tertiary alicyclic amines) is 1. The molecule has 0 atom stereocenters. The maximum absolute atomic E-state index is 12.8. The molecule has 28 heavy (non-hydrogen) atoms. The lowest BCUT2D eigenvalue weighted by Gasteiger charge is -2.56. The van der Waals surface area contributed by atoms with Crippen molar-refractivity contribution in [2.45, 2.75) is 70.3 Å². The molecular formula is C23H32N2O2S. The number of nitrogens with one attached hydrogen (secondary N) is 1. The minimum absolute atomic E-state index is 0.223. The molecule has 2 amide bonds. The molecule has 0 radical (unpaired) electrons. The van der Waals surface area contributed by atoms with Crippen LogP contribution in [0.2, 0.25) is 0 Å². The molecule has 5 aliphatic rings. The Labute approximate surface area is 172 Å². The van der Waals surface area contributed by atoms with Crippen molar-refractivity contribution >= 4 is 23.2 Å². The lowest BCUT2D eigenvalue weighted by molar-refractivity contribution is -0.132. The minimum atomic E-state index is 0.223. The van der Waals surface area contributed by atoms with E-state index in [4.69, 9.17) is 0 Å². The number of thiophene rings is 1. The van der Waals surface area contributed by atoms with Crippen LogP contribution in [0.25, 0.3) is 0 Å². The summed E-state index contributed by atoms with van der Waals surface area (Å²) >= 11 is 1.65. The van der Waals surface area contributed by atoms with E-state index in [1.54, 1.807) is 11.3 Å². The fourth-order valence-corrected chi connectivity index (χ4v) is 7.77. The molecule has 4 bridgehead atoms. The van der Waals surface area contributed by atoms with E-state index in [-0.39, 0.29) is 17.9 Å². The predicted octanol–water partition coefficient (Wildman–Crippen LogP) is 4.00. The molecule has 0 aromatic carbocycles. The highest BCUT2D eigenvalue weighted by Crippen LogP contribution is 2.61. The Bertz CT molecular complexity index is 686. The number of piperidine rings is 1. The first-order chi connectivity index (χ1) is 13.6. The fourth-order valence-electron chi connectivity index (χ4n) is 7.07. The largest absolute Gasteiger partial charge is 0.353 e. The molecule has 152 valence electrons. The molecular weight excluding hydrogens is 368 g/mol. The van der Waals surface area contributed by atoms with Crippen LogP contribution in [-0.4, -0.2) is 35.8 Å². The molecule has 1 N–H and O–H groups in total. The molecule has 1 aromatic heterocycles. The van der Waals surface area contributed by atoms with Crippen LogP contribution in [0, 0.1) is 23.2 Å². The maximum atomic E-state index is 12.8. The first-order valence-corrected chi connectivity index (χ1v) is 12.0. The Kier molecular flexibility index (Phi) is 4.98. The van der Waals surface area contributed by atoms with Crippen molar-refractivity contribution in [3.63, 3.8) is 0 Å². The fraction of sp³-hybridized carbons (Fsp3) is 0.739. The van der Waals surface area contributed by atoms with Crippen molar-refractivity contribution in [1.82, 2.24) is 10.2 Å². The molecule has 0 unspecified atom stereocenters. The van der Waals surface area contributed by atoms with Gasteiger partial charge in [0, 0.05) is 30.4 Å². The van der Waals surface area contributed by atoms with Crippen LogP contribution in [0.3, 0.4) is 0 Å². The Morgan fingerprint density at radius 2 is 1.71 bits per heavy atom. The minimum Gasteiger partial charge on any atom is -0.353 e. The quantitative estimate of drug-likeness (QED) is 0.812.